The number of nitrogens with one attached hydrogen (secondary N) is 1. The first-order valence-corrected chi connectivity index (χ1v) is 10.8. The third kappa shape index (κ3) is 6.25. The Morgan fingerprint density at radius 3 is 2.71 bits per heavy atom. The number of rotatable bonds is 11. The molecule has 1 unspecified atom stereocenters. The number of likely N-dealkylation sites (N-methyl/N-ethyl adjacent to an activating group) is 1. The van der Waals surface area contributed by atoms with Crippen molar-refractivity contribution in [1.82, 2.24) is 10.2 Å². The zero-order valence-corrected chi connectivity index (χ0v) is 18.0. The Hall–Kier alpha value is -2.99. The number of aliphatic carboxylic acids is 1. The summed E-state index contributed by atoms with van der Waals surface area (Å²) in [6.45, 7) is 0.979. The Labute approximate surface area is 183 Å². The molecule has 1 aromatic rings. The summed E-state index contributed by atoms with van der Waals surface area (Å²) in [6.07, 6.45) is 8.72. The molecule has 1 aromatic carbocycles. The number of hydrogen-bond donors (Lipinski definition) is 2. The van der Waals surface area contributed by atoms with Crippen LogP contribution >= 0.6 is 0 Å². The predicted octanol–water partition coefficient (Wildman–Crippen LogP) is 3.06. The molecule has 2 aliphatic rings. The molecule has 0 radical (unpaired) electrons. The molecule has 31 heavy (non-hydrogen) atoms. The first-order valence-electron chi connectivity index (χ1n) is 10.8. The molecule has 3 rings (SSSR count). The maximum absolute atomic E-state index is 13.6. The third-order valence-corrected chi connectivity index (χ3v) is 5.62. The summed E-state index contributed by atoms with van der Waals surface area (Å²) >= 11 is 0. The molecule has 0 saturated carbocycles. The van der Waals surface area contributed by atoms with E-state index in [1.54, 1.807) is 0 Å². The van der Waals surface area contributed by atoms with Crippen LogP contribution in [0.25, 0.3) is 0 Å². The van der Waals surface area contributed by atoms with Crippen LogP contribution in [0.5, 0.6) is 0 Å². The number of hydrogen-bond acceptors (Lipinski definition) is 5. The minimum Gasteiger partial charge on any atom is -0.481 e. The second kappa shape index (κ2) is 10.9. The van der Waals surface area contributed by atoms with Gasteiger partial charge < -0.3 is 15.3 Å². The Morgan fingerprint density at radius 1 is 1.19 bits per heavy atom. The monoisotopic (exact) mass is 422 g/mol. The highest BCUT2D eigenvalue weighted by atomic mass is 16.4. The van der Waals surface area contributed by atoms with Gasteiger partial charge in [0.25, 0.3) is 0 Å². The van der Waals surface area contributed by atoms with Crippen LogP contribution in [0.2, 0.25) is 0 Å². The van der Waals surface area contributed by atoms with E-state index >= 15 is 0 Å². The Balaban J connectivity index is 1.76. The average molecular weight is 423 g/mol. The summed E-state index contributed by atoms with van der Waals surface area (Å²) in [5.41, 5.74) is 3.09. The number of aryl methyl sites for hydroxylation is 1. The van der Waals surface area contributed by atoms with Crippen molar-refractivity contribution < 1.29 is 19.5 Å². The van der Waals surface area contributed by atoms with Crippen LogP contribution in [0.3, 0.4) is 0 Å². The van der Waals surface area contributed by atoms with Gasteiger partial charge >= 0.3 is 5.97 Å². The molecule has 1 aliphatic carbocycles. The first-order chi connectivity index (χ1) is 15.0. The lowest BCUT2D eigenvalue weighted by Gasteiger charge is -2.29. The van der Waals surface area contributed by atoms with Crippen molar-refractivity contribution in [3.05, 3.63) is 71.0 Å². The van der Waals surface area contributed by atoms with E-state index in [0.29, 0.717) is 49.9 Å². The van der Waals surface area contributed by atoms with Gasteiger partial charge in [-0.15, -0.1) is 0 Å². The van der Waals surface area contributed by atoms with E-state index < -0.39 is 12.0 Å². The fourth-order valence-corrected chi connectivity index (χ4v) is 4.07. The number of carboxylic acids is 1. The van der Waals surface area contributed by atoms with Crippen LogP contribution in [0.1, 0.15) is 37.7 Å². The number of carboxylic acid groups (broad SMARTS) is 1. The molecular weight excluding hydrogens is 392 g/mol. The minimum absolute atomic E-state index is 0.00605. The topological polar surface area (TPSA) is 86.7 Å². The lowest BCUT2D eigenvalue weighted by Crippen LogP contribution is -2.42. The maximum atomic E-state index is 13.6. The molecule has 0 fully saturated rings. The number of unbranched alkanes of at least 4 members (excludes halogenated alkanes) is 1. The van der Waals surface area contributed by atoms with Gasteiger partial charge in [-0.05, 0) is 37.8 Å². The van der Waals surface area contributed by atoms with E-state index in [9.17, 15) is 14.4 Å². The Morgan fingerprint density at radius 2 is 1.97 bits per heavy atom. The summed E-state index contributed by atoms with van der Waals surface area (Å²) in [6, 6.07) is 9.60. The average Bonchev–Trinajstić information content (AvgIpc) is 2.75. The highest BCUT2D eigenvalue weighted by Crippen LogP contribution is 2.29. The number of carbonyl (C=O) groups is 3. The van der Waals surface area contributed by atoms with Gasteiger partial charge in [0.05, 0.1) is 6.04 Å². The van der Waals surface area contributed by atoms with E-state index in [-0.39, 0.29) is 18.0 Å². The van der Waals surface area contributed by atoms with E-state index in [1.807, 2.05) is 60.6 Å². The highest BCUT2D eigenvalue weighted by molar-refractivity contribution is 6.12. The van der Waals surface area contributed by atoms with Crippen LogP contribution < -0.4 is 5.32 Å². The molecule has 0 amide bonds. The second-order valence-electron chi connectivity index (χ2n) is 8.13. The number of benzene rings is 1. The van der Waals surface area contributed by atoms with Crippen molar-refractivity contribution in [2.75, 3.05) is 20.1 Å². The minimum atomic E-state index is -0.808. The number of ketones is 2. The third-order valence-electron chi connectivity index (χ3n) is 5.62. The summed E-state index contributed by atoms with van der Waals surface area (Å²) < 4.78 is 0. The van der Waals surface area contributed by atoms with Gasteiger partial charge in [0, 0.05) is 49.4 Å². The second-order valence-corrected chi connectivity index (χ2v) is 8.13. The van der Waals surface area contributed by atoms with Crippen LogP contribution in [-0.2, 0) is 20.8 Å². The number of nitrogens with zero attached hydrogens (tertiary/aromatic N) is 1. The lowest BCUT2D eigenvalue weighted by molar-refractivity contribution is -0.137. The molecule has 0 bridgehead atoms. The predicted molar refractivity (Wildman–Crippen MR) is 120 cm³/mol. The Kier molecular flexibility index (Phi) is 7.95. The molecule has 2 N–H and O–H groups in total. The molecule has 0 aromatic heterocycles. The van der Waals surface area contributed by atoms with Crippen molar-refractivity contribution in [3.63, 3.8) is 0 Å². The van der Waals surface area contributed by atoms with Crippen LogP contribution in [-0.4, -0.2) is 53.7 Å². The van der Waals surface area contributed by atoms with E-state index in [4.69, 9.17) is 5.11 Å². The fraction of sp³-hybridized carbons (Fsp3) is 0.400. The number of carbonyl (C=O) groups excluding carboxylic acids is 2. The number of fused-ring (bicyclic) bond motifs is 1. The van der Waals surface area contributed by atoms with Gasteiger partial charge in [0.1, 0.15) is 0 Å². The summed E-state index contributed by atoms with van der Waals surface area (Å²) in [5, 5.41) is 12.2. The van der Waals surface area contributed by atoms with Crippen molar-refractivity contribution in [1.29, 1.82) is 0 Å². The first kappa shape index (κ1) is 22.7. The molecule has 164 valence electrons. The molecule has 1 aliphatic heterocycles. The largest absolute Gasteiger partial charge is 0.481 e. The van der Waals surface area contributed by atoms with E-state index in [1.165, 1.54) is 0 Å². The molecule has 6 nitrogen and oxygen atoms in total. The zero-order valence-electron chi connectivity index (χ0n) is 18.0. The summed E-state index contributed by atoms with van der Waals surface area (Å²) in [7, 11) is 1.91. The van der Waals surface area contributed by atoms with Crippen LogP contribution in [0, 0.1) is 0 Å². The van der Waals surface area contributed by atoms with Crippen molar-refractivity contribution in [3.8, 4) is 0 Å². The number of allylic oxidation sites excluding steroid dienone is 4. The van der Waals surface area contributed by atoms with Gasteiger partial charge in [-0.1, -0.05) is 42.5 Å². The van der Waals surface area contributed by atoms with Gasteiger partial charge in [-0.25, -0.2) is 0 Å². The molecule has 6 heteroatoms. The lowest BCUT2D eigenvalue weighted by atomic mass is 9.84. The van der Waals surface area contributed by atoms with E-state index in [0.717, 1.165) is 17.6 Å². The number of Topliss-reactive ketones (excluding diaryl/α,β-unsaturated/α-hetero) is 2. The molecule has 1 heterocycles. The van der Waals surface area contributed by atoms with Gasteiger partial charge in [0.15, 0.2) is 11.6 Å². The highest BCUT2D eigenvalue weighted by Gasteiger charge is 2.31. The molecule has 1 atom stereocenters. The standard InChI is InChI=1S/C25H30N2O4/c1-27-16-19-10-7-11-22(28)24(19)20(17-27)25(31)21(26-15-6-5-12-23(29)30)14-13-18-8-3-2-4-9-18/h2-4,7-10,16,21,26H,5-6,11-15,17H2,1H3,(H,29,30). The van der Waals surface area contributed by atoms with Gasteiger partial charge in [-0.3, -0.25) is 14.4 Å². The van der Waals surface area contributed by atoms with E-state index in [2.05, 4.69) is 5.32 Å². The molecule has 0 saturated heterocycles. The SMILES string of the molecule is CN1C=C2C=CCC(=O)C2=C(C(=O)C(CCc2ccccc2)NCCCCC(=O)O)C1. The summed E-state index contributed by atoms with van der Waals surface area (Å²) in [4.78, 5) is 38.9. The summed E-state index contributed by atoms with van der Waals surface area (Å²) in [5.74, 6) is -0.851. The van der Waals surface area contributed by atoms with Gasteiger partial charge in [-0.2, -0.15) is 0 Å². The molecular formula is C25H30N2O4. The Bertz CT molecular complexity index is 915. The smallest absolute Gasteiger partial charge is 0.303 e. The van der Waals surface area contributed by atoms with Gasteiger partial charge in [0.2, 0.25) is 0 Å². The fourth-order valence-electron chi connectivity index (χ4n) is 4.07. The maximum Gasteiger partial charge on any atom is 0.303 e. The quantitative estimate of drug-likeness (QED) is 0.533. The van der Waals surface area contributed by atoms with Crippen LogP contribution in [0.15, 0.2) is 65.4 Å². The normalized spacial score (nSPS) is 16.7. The van der Waals surface area contributed by atoms with Crippen LogP contribution in [0.4, 0.5) is 0 Å². The van der Waals surface area contributed by atoms with Crippen molar-refractivity contribution in [2.45, 2.75) is 44.6 Å². The molecule has 0 spiro atoms. The van der Waals surface area contributed by atoms with Crippen molar-refractivity contribution in [2.24, 2.45) is 0 Å². The van der Waals surface area contributed by atoms with Crippen molar-refractivity contribution >= 4 is 17.5 Å². The zero-order chi connectivity index (χ0) is 22.2.